The molecule has 3 nitrogen and oxygen atoms in total. The number of halogens is 1. The molecular formula is C10H12ClN3. The molecule has 0 atom stereocenters. The molecule has 2 N–H and O–H groups in total. The predicted molar refractivity (Wildman–Crippen MR) is 62.3 cm³/mol. The smallest absolute Gasteiger partial charge is 0.217 e. The summed E-state index contributed by atoms with van der Waals surface area (Å²) in [5, 5.41) is 0.249. The fraction of sp³-hybridized carbons (Fsp3) is 0.200. The van der Waals surface area contributed by atoms with Crippen molar-refractivity contribution in [2.75, 3.05) is 12.8 Å². The number of benzene rings is 1. The molecular weight excluding hydrogens is 198 g/mol. The van der Waals surface area contributed by atoms with E-state index in [2.05, 4.69) is 9.98 Å². The molecule has 0 unspecified atom stereocenters. The Hall–Kier alpha value is -1.35. The normalized spacial score (nSPS) is 13.1. The third kappa shape index (κ3) is 2.85. The van der Waals surface area contributed by atoms with Crippen LogP contribution in [0.1, 0.15) is 12.5 Å². The van der Waals surface area contributed by atoms with E-state index in [1.807, 2.05) is 31.2 Å². The highest BCUT2D eigenvalue weighted by Gasteiger charge is 1.97. The predicted octanol–water partition coefficient (Wildman–Crippen LogP) is 2.30. The number of nitrogens with two attached hydrogens (primary N) is 1. The number of rotatable bonds is 1. The number of nitrogen functional groups attached to an aromatic ring is 1. The number of nitrogens with zero attached hydrogens (tertiary/aromatic N) is 2. The van der Waals surface area contributed by atoms with Crippen LogP contribution < -0.4 is 5.73 Å². The third-order valence-corrected chi connectivity index (χ3v) is 2.03. The molecule has 0 fully saturated rings. The van der Waals surface area contributed by atoms with Crippen molar-refractivity contribution in [3.63, 3.8) is 0 Å². The summed E-state index contributed by atoms with van der Waals surface area (Å²) in [5.74, 6) is 0. The van der Waals surface area contributed by atoms with Crippen LogP contribution in [0, 0.1) is 0 Å². The number of anilines is 1. The van der Waals surface area contributed by atoms with E-state index in [1.165, 1.54) is 0 Å². The van der Waals surface area contributed by atoms with E-state index in [-0.39, 0.29) is 5.29 Å². The lowest BCUT2D eigenvalue weighted by molar-refractivity contribution is 1.42. The molecule has 0 spiro atoms. The van der Waals surface area contributed by atoms with Crippen molar-refractivity contribution in [1.29, 1.82) is 0 Å². The van der Waals surface area contributed by atoms with E-state index in [9.17, 15) is 0 Å². The zero-order valence-electron chi connectivity index (χ0n) is 8.16. The summed E-state index contributed by atoms with van der Waals surface area (Å²) in [4.78, 5) is 7.83. The van der Waals surface area contributed by atoms with Gasteiger partial charge in [-0.3, -0.25) is 4.99 Å². The summed E-state index contributed by atoms with van der Waals surface area (Å²) in [6.45, 7) is 1.87. The fourth-order valence-corrected chi connectivity index (χ4v) is 1.10. The summed E-state index contributed by atoms with van der Waals surface area (Å²) in [6.07, 6.45) is 0. The minimum Gasteiger partial charge on any atom is -0.399 e. The minimum atomic E-state index is 0.249. The number of hydrogen-bond acceptors (Lipinski definition) is 2. The van der Waals surface area contributed by atoms with E-state index in [4.69, 9.17) is 17.3 Å². The first-order valence-electron chi connectivity index (χ1n) is 4.17. The van der Waals surface area contributed by atoms with Crippen molar-refractivity contribution < 1.29 is 0 Å². The molecule has 0 saturated carbocycles. The second kappa shape index (κ2) is 4.77. The maximum absolute atomic E-state index is 5.68. The van der Waals surface area contributed by atoms with Gasteiger partial charge in [-0.25, -0.2) is 4.99 Å². The van der Waals surface area contributed by atoms with Crippen molar-refractivity contribution in [1.82, 2.24) is 0 Å². The van der Waals surface area contributed by atoms with E-state index in [0.29, 0.717) is 0 Å². The molecule has 0 aliphatic carbocycles. The minimum absolute atomic E-state index is 0.249. The van der Waals surface area contributed by atoms with Crippen LogP contribution in [0.4, 0.5) is 5.69 Å². The lowest BCUT2D eigenvalue weighted by Gasteiger charge is -2.00. The van der Waals surface area contributed by atoms with Crippen molar-refractivity contribution >= 4 is 28.3 Å². The molecule has 1 aromatic rings. The van der Waals surface area contributed by atoms with Gasteiger partial charge in [0.25, 0.3) is 0 Å². The Bertz CT molecular complexity index is 365. The Kier molecular flexibility index (Phi) is 3.65. The molecule has 14 heavy (non-hydrogen) atoms. The van der Waals surface area contributed by atoms with Gasteiger partial charge in [0, 0.05) is 18.4 Å². The van der Waals surface area contributed by atoms with Crippen molar-refractivity contribution in [2.45, 2.75) is 6.92 Å². The van der Waals surface area contributed by atoms with Gasteiger partial charge in [0.2, 0.25) is 5.29 Å². The zero-order chi connectivity index (χ0) is 10.6. The molecule has 0 heterocycles. The first-order chi connectivity index (χ1) is 6.63. The molecule has 0 amide bonds. The first kappa shape index (κ1) is 10.7. The average molecular weight is 210 g/mol. The quantitative estimate of drug-likeness (QED) is 0.328. The zero-order valence-corrected chi connectivity index (χ0v) is 8.92. The largest absolute Gasteiger partial charge is 0.399 e. The molecule has 1 aromatic carbocycles. The van der Waals surface area contributed by atoms with Gasteiger partial charge in [-0.2, -0.15) is 0 Å². The van der Waals surface area contributed by atoms with E-state index in [0.717, 1.165) is 17.0 Å². The van der Waals surface area contributed by atoms with Crippen molar-refractivity contribution in [2.24, 2.45) is 9.98 Å². The first-order valence-corrected chi connectivity index (χ1v) is 4.55. The van der Waals surface area contributed by atoms with Crippen LogP contribution in [0.2, 0.25) is 0 Å². The van der Waals surface area contributed by atoms with E-state index < -0.39 is 0 Å². The SMILES string of the molecule is CN=C(Cl)N=C(C)c1ccc(N)cc1. The molecule has 0 aliphatic heterocycles. The van der Waals surface area contributed by atoms with Gasteiger partial charge in [-0.15, -0.1) is 0 Å². The van der Waals surface area contributed by atoms with E-state index in [1.54, 1.807) is 7.05 Å². The van der Waals surface area contributed by atoms with Gasteiger partial charge in [-0.05, 0) is 36.2 Å². The Morgan fingerprint density at radius 3 is 2.36 bits per heavy atom. The number of hydrogen-bond donors (Lipinski definition) is 1. The molecule has 4 heteroatoms. The Labute approximate surface area is 88.3 Å². The number of aliphatic imine (C=N–C) groups is 2. The second-order valence-corrected chi connectivity index (χ2v) is 3.15. The van der Waals surface area contributed by atoms with Crippen LogP contribution in [0.15, 0.2) is 34.3 Å². The molecule has 0 saturated heterocycles. The van der Waals surface area contributed by atoms with Gasteiger partial charge < -0.3 is 5.73 Å². The standard InChI is InChI=1S/C10H12ClN3/c1-7(14-10(11)13-2)8-3-5-9(12)6-4-8/h3-6H,12H2,1-2H3. The van der Waals surface area contributed by atoms with Crippen LogP contribution in [-0.2, 0) is 0 Å². The van der Waals surface area contributed by atoms with Gasteiger partial charge in [0.15, 0.2) is 0 Å². The topological polar surface area (TPSA) is 50.7 Å². The summed E-state index contributed by atoms with van der Waals surface area (Å²) in [5.41, 5.74) is 8.10. The number of amidine groups is 1. The highest BCUT2D eigenvalue weighted by molar-refractivity contribution is 6.65. The monoisotopic (exact) mass is 209 g/mol. The molecule has 0 aromatic heterocycles. The molecule has 1 rings (SSSR count). The highest BCUT2D eigenvalue weighted by Crippen LogP contribution is 2.07. The highest BCUT2D eigenvalue weighted by atomic mass is 35.5. The average Bonchev–Trinajstić information content (AvgIpc) is 2.18. The van der Waals surface area contributed by atoms with Gasteiger partial charge in [-0.1, -0.05) is 12.1 Å². The van der Waals surface area contributed by atoms with Crippen LogP contribution in [0.5, 0.6) is 0 Å². The fourth-order valence-electron chi connectivity index (χ4n) is 0.977. The maximum atomic E-state index is 5.68. The second-order valence-electron chi connectivity index (χ2n) is 2.81. The van der Waals surface area contributed by atoms with Crippen LogP contribution in [0.3, 0.4) is 0 Å². The summed E-state index contributed by atoms with van der Waals surface area (Å²) < 4.78 is 0. The molecule has 0 bridgehead atoms. The molecule has 74 valence electrons. The van der Waals surface area contributed by atoms with Gasteiger partial charge in [0.1, 0.15) is 0 Å². The lowest BCUT2D eigenvalue weighted by atomic mass is 10.1. The summed E-state index contributed by atoms with van der Waals surface area (Å²) in [6, 6.07) is 7.44. The van der Waals surface area contributed by atoms with Crippen LogP contribution in [-0.4, -0.2) is 18.1 Å². The Morgan fingerprint density at radius 1 is 1.29 bits per heavy atom. The van der Waals surface area contributed by atoms with Crippen LogP contribution in [0.25, 0.3) is 0 Å². The van der Waals surface area contributed by atoms with Gasteiger partial charge >= 0.3 is 0 Å². The van der Waals surface area contributed by atoms with E-state index >= 15 is 0 Å². The van der Waals surface area contributed by atoms with Crippen LogP contribution >= 0.6 is 11.6 Å². The summed E-state index contributed by atoms with van der Waals surface area (Å²) in [7, 11) is 1.60. The maximum Gasteiger partial charge on any atom is 0.217 e. The third-order valence-electron chi connectivity index (χ3n) is 1.77. The van der Waals surface area contributed by atoms with Crippen molar-refractivity contribution in [3.05, 3.63) is 29.8 Å². The lowest BCUT2D eigenvalue weighted by Crippen LogP contribution is -1.97. The Morgan fingerprint density at radius 2 is 1.86 bits per heavy atom. The molecule has 0 aliphatic rings. The molecule has 0 radical (unpaired) electrons. The van der Waals surface area contributed by atoms with Gasteiger partial charge in [0.05, 0.1) is 0 Å². The Balaban J connectivity index is 2.95. The van der Waals surface area contributed by atoms with Crippen molar-refractivity contribution in [3.8, 4) is 0 Å². The summed E-state index contributed by atoms with van der Waals surface area (Å²) >= 11 is 5.68.